The van der Waals surface area contributed by atoms with E-state index in [-0.39, 0.29) is 5.57 Å². The topological polar surface area (TPSA) is 79.2 Å². The van der Waals surface area contributed by atoms with Gasteiger partial charge in [0.15, 0.2) is 6.10 Å². The molecule has 7 heteroatoms. The van der Waals surface area contributed by atoms with Crippen molar-refractivity contribution >= 4 is 23.6 Å². The van der Waals surface area contributed by atoms with Crippen LogP contribution in [0.4, 0.5) is 14.5 Å². The van der Waals surface area contributed by atoms with E-state index in [1.54, 1.807) is 18.2 Å². The number of halogens is 2. The summed E-state index contributed by atoms with van der Waals surface area (Å²) < 4.78 is 32.2. The Bertz CT molecular complexity index is 956. The van der Waals surface area contributed by atoms with Gasteiger partial charge >= 0.3 is 5.97 Å². The Morgan fingerprint density at radius 1 is 1.07 bits per heavy atom. The molecule has 0 aliphatic heterocycles. The minimum Gasteiger partial charge on any atom is -0.448 e. The van der Waals surface area contributed by atoms with Crippen LogP contribution in [0.3, 0.4) is 0 Å². The molecular weight excluding hydrogens is 378 g/mol. The van der Waals surface area contributed by atoms with Gasteiger partial charge in [-0.05, 0) is 42.2 Å². The van der Waals surface area contributed by atoms with Crippen molar-refractivity contribution in [2.24, 2.45) is 0 Å². The molecule has 0 fully saturated rings. The number of benzene rings is 2. The normalized spacial score (nSPS) is 12.2. The predicted molar refractivity (Wildman–Crippen MR) is 105 cm³/mol. The number of nitrogens with zero attached hydrogens (tertiary/aromatic N) is 1. The van der Waals surface area contributed by atoms with Gasteiger partial charge in [0.05, 0.1) is 0 Å². The first kappa shape index (κ1) is 21.8. The van der Waals surface area contributed by atoms with Gasteiger partial charge in [-0.2, -0.15) is 5.26 Å². The van der Waals surface area contributed by atoms with Crippen molar-refractivity contribution in [3.8, 4) is 6.07 Å². The number of carbonyl (C=O) groups excluding carboxylic acids is 2. The lowest BCUT2D eigenvalue weighted by Crippen LogP contribution is -2.31. The maximum Gasteiger partial charge on any atom is 0.349 e. The summed E-state index contributed by atoms with van der Waals surface area (Å²) in [5.74, 6) is -3.52. The molecule has 0 bridgehead atoms. The highest BCUT2D eigenvalue weighted by Crippen LogP contribution is 2.19. The first-order chi connectivity index (χ1) is 13.7. The van der Waals surface area contributed by atoms with Crippen LogP contribution in [0.15, 0.2) is 48.0 Å². The van der Waals surface area contributed by atoms with Crippen molar-refractivity contribution in [2.45, 2.75) is 32.8 Å². The van der Waals surface area contributed by atoms with Crippen molar-refractivity contribution in [3.05, 3.63) is 70.8 Å². The van der Waals surface area contributed by atoms with Gasteiger partial charge in [-0.1, -0.05) is 44.2 Å². The summed E-state index contributed by atoms with van der Waals surface area (Å²) in [6.07, 6.45) is -0.0327. The summed E-state index contributed by atoms with van der Waals surface area (Å²) in [6.45, 7) is 5.32. The number of hydrogen-bond donors (Lipinski definition) is 1. The Kier molecular flexibility index (Phi) is 7.21. The van der Waals surface area contributed by atoms with Crippen molar-refractivity contribution in [1.29, 1.82) is 5.26 Å². The number of carbonyl (C=O) groups is 2. The Balaban J connectivity index is 2.08. The Morgan fingerprint density at radius 3 is 2.17 bits per heavy atom. The van der Waals surface area contributed by atoms with Gasteiger partial charge in [-0.15, -0.1) is 0 Å². The van der Waals surface area contributed by atoms with Gasteiger partial charge < -0.3 is 10.1 Å². The molecule has 0 aliphatic rings. The smallest absolute Gasteiger partial charge is 0.349 e. The van der Waals surface area contributed by atoms with E-state index in [0.717, 1.165) is 23.8 Å². The molecule has 0 heterocycles. The van der Waals surface area contributed by atoms with E-state index < -0.39 is 35.3 Å². The number of nitriles is 1. The minimum atomic E-state index is -1.37. The Hall–Kier alpha value is -3.53. The highest BCUT2D eigenvalue weighted by atomic mass is 19.1. The molecule has 0 spiro atoms. The van der Waals surface area contributed by atoms with Crippen LogP contribution in [0.5, 0.6) is 0 Å². The summed E-state index contributed by atoms with van der Waals surface area (Å²) in [7, 11) is 0. The molecule has 1 amide bonds. The van der Waals surface area contributed by atoms with Gasteiger partial charge in [-0.25, -0.2) is 13.6 Å². The number of amides is 1. The molecule has 0 radical (unpaired) electrons. The zero-order valence-electron chi connectivity index (χ0n) is 16.2. The number of anilines is 1. The van der Waals surface area contributed by atoms with Gasteiger partial charge in [-0.3, -0.25) is 4.79 Å². The monoisotopic (exact) mass is 398 g/mol. The van der Waals surface area contributed by atoms with Crippen LogP contribution in [0.1, 0.15) is 37.8 Å². The maximum absolute atomic E-state index is 13.6. The lowest BCUT2D eigenvalue weighted by Gasteiger charge is -2.14. The fourth-order valence-corrected chi connectivity index (χ4v) is 2.40. The number of esters is 1. The van der Waals surface area contributed by atoms with E-state index in [1.165, 1.54) is 13.0 Å². The molecule has 2 rings (SSSR count). The van der Waals surface area contributed by atoms with Gasteiger partial charge in [0.25, 0.3) is 5.91 Å². The second kappa shape index (κ2) is 9.60. The predicted octanol–water partition coefficient (Wildman–Crippen LogP) is 4.57. The third-order valence-electron chi connectivity index (χ3n) is 4.12. The third kappa shape index (κ3) is 5.72. The molecule has 0 aliphatic carbocycles. The molecule has 1 atom stereocenters. The Morgan fingerprint density at radius 2 is 1.66 bits per heavy atom. The molecule has 0 aromatic heterocycles. The summed E-state index contributed by atoms with van der Waals surface area (Å²) in [6, 6.07) is 12.1. The molecule has 29 heavy (non-hydrogen) atoms. The van der Waals surface area contributed by atoms with Crippen molar-refractivity contribution in [1.82, 2.24) is 0 Å². The quantitative estimate of drug-likeness (QED) is 0.439. The first-order valence-electron chi connectivity index (χ1n) is 8.90. The lowest BCUT2D eigenvalue weighted by atomic mass is 10.0. The molecule has 1 N–H and O–H groups in total. The van der Waals surface area contributed by atoms with Crippen molar-refractivity contribution in [2.75, 3.05) is 5.32 Å². The lowest BCUT2D eigenvalue weighted by molar-refractivity contribution is -0.148. The summed E-state index contributed by atoms with van der Waals surface area (Å²) in [5.41, 5.74) is 0.781. The van der Waals surface area contributed by atoms with Crippen LogP contribution >= 0.6 is 0 Å². The van der Waals surface area contributed by atoms with Crippen LogP contribution in [0, 0.1) is 23.0 Å². The fraction of sp³-hybridized carbons (Fsp3) is 0.227. The zero-order chi connectivity index (χ0) is 21.6. The maximum atomic E-state index is 13.6. The van der Waals surface area contributed by atoms with Crippen LogP contribution in [0.25, 0.3) is 6.08 Å². The van der Waals surface area contributed by atoms with Gasteiger partial charge in [0.2, 0.25) is 0 Å². The molecule has 0 saturated heterocycles. The second-order valence-electron chi connectivity index (χ2n) is 6.62. The first-order valence-corrected chi connectivity index (χ1v) is 8.90. The van der Waals surface area contributed by atoms with Gasteiger partial charge in [0.1, 0.15) is 29.0 Å². The largest absolute Gasteiger partial charge is 0.448 e. The number of nitrogens with one attached hydrogen (secondary N) is 1. The average Bonchev–Trinajstić information content (AvgIpc) is 2.69. The van der Waals surface area contributed by atoms with Crippen molar-refractivity contribution < 1.29 is 23.1 Å². The molecule has 0 unspecified atom stereocenters. The molecular formula is C22H20F2N2O3. The minimum absolute atomic E-state index is 0.306. The standard InChI is InChI=1S/C22H20F2N2O3/c1-13(2)16-9-7-15(8-10-16)11-17(12-25)22(28)29-14(3)21(27)26-20-18(23)5-4-6-19(20)24/h4-11,13-14H,1-3H3,(H,26,27)/b17-11+/t14-/m0/s1. The SMILES string of the molecule is CC(C)c1ccc(/C=C(\C#N)C(=O)O[C@@H](C)C(=O)Nc2c(F)cccc2F)cc1. The molecule has 0 saturated carbocycles. The molecule has 150 valence electrons. The van der Waals surface area contributed by atoms with Crippen LogP contribution in [-0.2, 0) is 14.3 Å². The number of hydrogen-bond acceptors (Lipinski definition) is 4. The van der Waals surface area contributed by atoms with E-state index >= 15 is 0 Å². The molecule has 2 aromatic carbocycles. The zero-order valence-corrected chi connectivity index (χ0v) is 16.2. The van der Waals surface area contributed by atoms with E-state index in [4.69, 9.17) is 4.74 Å². The third-order valence-corrected chi connectivity index (χ3v) is 4.12. The summed E-state index contributed by atoms with van der Waals surface area (Å²) in [4.78, 5) is 24.3. The van der Waals surface area contributed by atoms with Crippen molar-refractivity contribution in [3.63, 3.8) is 0 Å². The fourth-order valence-electron chi connectivity index (χ4n) is 2.40. The second-order valence-corrected chi connectivity index (χ2v) is 6.62. The van der Waals surface area contributed by atoms with Gasteiger partial charge in [0, 0.05) is 0 Å². The molecule has 2 aromatic rings. The van der Waals surface area contributed by atoms with Crippen LogP contribution in [-0.4, -0.2) is 18.0 Å². The molecule has 5 nitrogen and oxygen atoms in total. The Labute approximate surface area is 167 Å². The summed E-state index contributed by atoms with van der Waals surface area (Å²) in [5, 5.41) is 11.3. The van der Waals surface area contributed by atoms with E-state index in [9.17, 15) is 23.6 Å². The van der Waals surface area contributed by atoms with E-state index in [0.29, 0.717) is 11.5 Å². The average molecular weight is 398 g/mol. The highest BCUT2D eigenvalue weighted by Gasteiger charge is 2.22. The van der Waals surface area contributed by atoms with Crippen LogP contribution < -0.4 is 5.32 Å². The van der Waals surface area contributed by atoms with E-state index in [1.807, 2.05) is 31.3 Å². The number of para-hydroxylation sites is 1. The van der Waals surface area contributed by atoms with Crippen LogP contribution in [0.2, 0.25) is 0 Å². The van der Waals surface area contributed by atoms with E-state index in [2.05, 4.69) is 0 Å². The summed E-state index contributed by atoms with van der Waals surface area (Å²) >= 11 is 0. The number of rotatable bonds is 6. The highest BCUT2D eigenvalue weighted by molar-refractivity contribution is 6.01. The number of ether oxygens (including phenoxy) is 1.